The molecule has 0 spiro atoms. The van der Waals surface area contributed by atoms with Crippen molar-refractivity contribution < 1.29 is 0 Å². The quantitative estimate of drug-likeness (QED) is 0.922. The molecule has 2 heterocycles. The summed E-state index contributed by atoms with van der Waals surface area (Å²) in [6.45, 7) is 4.79. The molecule has 5 heteroatoms. The van der Waals surface area contributed by atoms with Crippen LogP contribution in [0.15, 0.2) is 16.6 Å². The number of halogens is 1. The highest BCUT2D eigenvalue weighted by molar-refractivity contribution is 9.10. The lowest BCUT2D eigenvalue weighted by molar-refractivity contribution is 0.697. The predicted molar refractivity (Wildman–Crippen MR) is 67.2 cm³/mol. The second-order valence-electron chi connectivity index (χ2n) is 3.45. The van der Waals surface area contributed by atoms with E-state index in [4.69, 9.17) is 5.73 Å². The largest absolute Gasteiger partial charge is 0.383 e. The first-order chi connectivity index (χ1) is 7.08. The third-order valence-corrected chi connectivity index (χ3v) is 4.16. The molecule has 0 fully saturated rings. The highest BCUT2D eigenvalue weighted by Gasteiger charge is 2.10. The van der Waals surface area contributed by atoms with Crippen LogP contribution in [0, 0.1) is 13.8 Å². The summed E-state index contributed by atoms with van der Waals surface area (Å²) in [7, 11) is 0. The third kappa shape index (κ3) is 2.08. The van der Waals surface area contributed by atoms with Gasteiger partial charge in [0.25, 0.3) is 0 Å². The summed E-state index contributed by atoms with van der Waals surface area (Å²) in [5, 5.41) is 4.37. The van der Waals surface area contributed by atoms with Crippen LogP contribution >= 0.6 is 27.3 Å². The van der Waals surface area contributed by atoms with E-state index in [9.17, 15) is 0 Å². The van der Waals surface area contributed by atoms with Crippen LogP contribution in [0.4, 0.5) is 5.82 Å². The first kappa shape index (κ1) is 10.7. The van der Waals surface area contributed by atoms with Gasteiger partial charge in [0.15, 0.2) is 0 Å². The van der Waals surface area contributed by atoms with E-state index in [0.29, 0.717) is 5.82 Å². The van der Waals surface area contributed by atoms with Crippen molar-refractivity contribution in [3.63, 3.8) is 0 Å². The van der Waals surface area contributed by atoms with Crippen LogP contribution in [0.25, 0.3) is 0 Å². The minimum absolute atomic E-state index is 0.693. The third-order valence-electron chi connectivity index (χ3n) is 2.19. The molecule has 2 aromatic rings. The maximum Gasteiger partial charge on any atom is 0.136 e. The normalized spacial score (nSPS) is 10.9. The Kier molecular flexibility index (Phi) is 2.84. The first-order valence-corrected chi connectivity index (χ1v) is 6.22. The van der Waals surface area contributed by atoms with Gasteiger partial charge in [-0.2, -0.15) is 5.10 Å². The fraction of sp³-hybridized carbons (Fsp3) is 0.300. The average molecular weight is 286 g/mol. The SMILES string of the molecule is Cc1ccc(Cn2nc(C)c(Br)c2N)s1. The molecule has 2 rings (SSSR count). The topological polar surface area (TPSA) is 43.8 Å². The second kappa shape index (κ2) is 3.98. The van der Waals surface area contributed by atoms with Gasteiger partial charge in [-0.05, 0) is 41.9 Å². The molecule has 15 heavy (non-hydrogen) atoms. The molecular formula is C10H12BrN3S. The van der Waals surface area contributed by atoms with Gasteiger partial charge < -0.3 is 5.73 Å². The van der Waals surface area contributed by atoms with E-state index >= 15 is 0 Å². The summed E-state index contributed by atoms with van der Waals surface area (Å²) < 4.78 is 2.72. The number of aromatic nitrogens is 2. The number of nitrogens with two attached hydrogens (primary N) is 1. The molecule has 2 N–H and O–H groups in total. The van der Waals surface area contributed by atoms with Crippen LogP contribution in [0.1, 0.15) is 15.4 Å². The van der Waals surface area contributed by atoms with Crippen molar-refractivity contribution in [2.45, 2.75) is 20.4 Å². The molecule has 2 aromatic heterocycles. The molecule has 0 aliphatic heterocycles. The fourth-order valence-corrected chi connectivity index (χ4v) is 2.57. The van der Waals surface area contributed by atoms with E-state index in [1.54, 1.807) is 11.3 Å². The Hall–Kier alpha value is -0.810. The van der Waals surface area contributed by atoms with E-state index in [2.05, 4.69) is 40.1 Å². The summed E-state index contributed by atoms with van der Waals surface area (Å²) in [4.78, 5) is 2.58. The van der Waals surface area contributed by atoms with Crippen molar-refractivity contribution in [1.29, 1.82) is 0 Å². The Bertz CT molecular complexity index is 487. The number of hydrogen-bond donors (Lipinski definition) is 1. The van der Waals surface area contributed by atoms with E-state index < -0.39 is 0 Å². The standard InChI is InChI=1S/C10H12BrN3S/c1-6-3-4-8(15-6)5-14-10(12)9(11)7(2)13-14/h3-4H,5,12H2,1-2H3. The Balaban J connectivity index is 2.28. The summed E-state index contributed by atoms with van der Waals surface area (Å²) in [5.74, 6) is 0.693. The Morgan fingerprint density at radius 2 is 2.20 bits per heavy atom. The summed E-state index contributed by atoms with van der Waals surface area (Å²) in [5.41, 5.74) is 6.85. The summed E-state index contributed by atoms with van der Waals surface area (Å²) >= 11 is 5.19. The number of rotatable bonds is 2. The number of nitrogen functional groups attached to an aromatic ring is 1. The van der Waals surface area contributed by atoms with Gasteiger partial charge in [-0.15, -0.1) is 11.3 Å². The van der Waals surface area contributed by atoms with Gasteiger partial charge in [0.05, 0.1) is 16.7 Å². The first-order valence-electron chi connectivity index (χ1n) is 4.61. The van der Waals surface area contributed by atoms with Crippen molar-refractivity contribution in [2.75, 3.05) is 5.73 Å². The molecule has 0 aliphatic rings. The number of aryl methyl sites for hydroxylation is 2. The molecule has 0 aliphatic carbocycles. The predicted octanol–water partition coefficient (Wildman–Crippen LogP) is 2.95. The molecule has 0 atom stereocenters. The van der Waals surface area contributed by atoms with E-state index in [1.807, 2.05) is 11.6 Å². The van der Waals surface area contributed by atoms with Crippen molar-refractivity contribution in [2.24, 2.45) is 0 Å². The van der Waals surface area contributed by atoms with Gasteiger partial charge >= 0.3 is 0 Å². The van der Waals surface area contributed by atoms with Gasteiger partial charge in [0.2, 0.25) is 0 Å². The lowest BCUT2D eigenvalue weighted by atomic mass is 10.4. The Morgan fingerprint density at radius 1 is 1.47 bits per heavy atom. The van der Waals surface area contributed by atoms with Crippen molar-refractivity contribution in [3.05, 3.63) is 32.1 Å². The zero-order valence-corrected chi connectivity index (χ0v) is 11.0. The van der Waals surface area contributed by atoms with Crippen molar-refractivity contribution in [3.8, 4) is 0 Å². The smallest absolute Gasteiger partial charge is 0.136 e. The zero-order chi connectivity index (χ0) is 11.0. The van der Waals surface area contributed by atoms with Gasteiger partial charge in [0, 0.05) is 9.75 Å². The van der Waals surface area contributed by atoms with Crippen LogP contribution in [-0.2, 0) is 6.54 Å². The molecule has 0 bridgehead atoms. The van der Waals surface area contributed by atoms with Gasteiger partial charge in [-0.1, -0.05) is 0 Å². The van der Waals surface area contributed by atoms with E-state index in [1.165, 1.54) is 9.75 Å². The molecular weight excluding hydrogens is 274 g/mol. The minimum Gasteiger partial charge on any atom is -0.383 e. The summed E-state index contributed by atoms with van der Waals surface area (Å²) in [6.07, 6.45) is 0. The van der Waals surface area contributed by atoms with Gasteiger partial charge in [-0.25, -0.2) is 4.68 Å². The van der Waals surface area contributed by atoms with Crippen LogP contribution in [-0.4, -0.2) is 9.78 Å². The van der Waals surface area contributed by atoms with E-state index in [0.717, 1.165) is 16.7 Å². The van der Waals surface area contributed by atoms with Crippen LogP contribution in [0.3, 0.4) is 0 Å². The summed E-state index contributed by atoms with van der Waals surface area (Å²) in [6, 6.07) is 4.23. The fourth-order valence-electron chi connectivity index (χ4n) is 1.42. The average Bonchev–Trinajstić information content (AvgIpc) is 2.68. The zero-order valence-electron chi connectivity index (χ0n) is 8.62. The molecule has 0 unspecified atom stereocenters. The van der Waals surface area contributed by atoms with Crippen molar-refractivity contribution >= 4 is 33.1 Å². The lowest BCUT2D eigenvalue weighted by Crippen LogP contribution is -2.04. The molecule has 3 nitrogen and oxygen atoms in total. The van der Waals surface area contributed by atoms with Gasteiger partial charge in [0.1, 0.15) is 5.82 Å². The molecule has 0 amide bonds. The minimum atomic E-state index is 0.693. The van der Waals surface area contributed by atoms with Crippen molar-refractivity contribution in [1.82, 2.24) is 9.78 Å². The molecule has 0 saturated heterocycles. The highest BCUT2D eigenvalue weighted by Crippen LogP contribution is 2.25. The van der Waals surface area contributed by atoms with Crippen LogP contribution in [0.5, 0.6) is 0 Å². The number of anilines is 1. The van der Waals surface area contributed by atoms with E-state index in [-0.39, 0.29) is 0 Å². The number of hydrogen-bond acceptors (Lipinski definition) is 3. The second-order valence-corrected chi connectivity index (χ2v) is 5.62. The van der Waals surface area contributed by atoms with Crippen LogP contribution < -0.4 is 5.73 Å². The number of nitrogens with zero attached hydrogens (tertiary/aromatic N) is 2. The lowest BCUT2D eigenvalue weighted by Gasteiger charge is -2.01. The monoisotopic (exact) mass is 285 g/mol. The van der Waals surface area contributed by atoms with Gasteiger partial charge in [-0.3, -0.25) is 0 Å². The number of thiophene rings is 1. The molecule has 0 radical (unpaired) electrons. The maximum atomic E-state index is 5.92. The maximum absolute atomic E-state index is 5.92. The Labute approximate surface area is 101 Å². The molecule has 0 saturated carbocycles. The molecule has 80 valence electrons. The van der Waals surface area contributed by atoms with Crippen LogP contribution in [0.2, 0.25) is 0 Å². The highest BCUT2D eigenvalue weighted by atomic mass is 79.9. The Morgan fingerprint density at radius 3 is 2.67 bits per heavy atom. The molecule has 0 aromatic carbocycles.